The minimum absolute atomic E-state index is 0.0288. The van der Waals surface area contributed by atoms with Gasteiger partial charge in [0.1, 0.15) is 17.2 Å². The molecule has 1 aliphatic rings. The number of nitrogens with one attached hydrogen (secondary N) is 2. The summed E-state index contributed by atoms with van der Waals surface area (Å²) in [5.74, 6) is 0.0379. The quantitative estimate of drug-likeness (QED) is 0.282. The molecule has 0 fully saturated rings. The van der Waals surface area contributed by atoms with E-state index in [1.807, 2.05) is 0 Å². The van der Waals surface area contributed by atoms with Gasteiger partial charge in [-0.3, -0.25) is 9.79 Å². The van der Waals surface area contributed by atoms with Crippen LogP contribution in [0.1, 0.15) is 26.2 Å². The van der Waals surface area contributed by atoms with Gasteiger partial charge in [-0.1, -0.05) is 0 Å². The van der Waals surface area contributed by atoms with Crippen LogP contribution in [0.15, 0.2) is 67.1 Å². The summed E-state index contributed by atoms with van der Waals surface area (Å²) >= 11 is 3.30. The number of nitrogens with zero attached hydrogens (tertiary/aromatic N) is 2. The van der Waals surface area contributed by atoms with Crippen LogP contribution in [0, 0.1) is 0 Å². The molecule has 0 saturated carbocycles. The van der Waals surface area contributed by atoms with E-state index in [-0.39, 0.29) is 28.8 Å². The van der Waals surface area contributed by atoms with Gasteiger partial charge in [0.25, 0.3) is 0 Å². The molecule has 11 nitrogen and oxygen atoms in total. The number of pyridine rings is 1. The van der Waals surface area contributed by atoms with Crippen molar-refractivity contribution >= 4 is 48.0 Å². The molecule has 1 aromatic heterocycles. The third-order valence-electron chi connectivity index (χ3n) is 5.52. The van der Waals surface area contributed by atoms with Crippen molar-refractivity contribution in [1.82, 2.24) is 15.0 Å². The molecule has 0 spiro atoms. The summed E-state index contributed by atoms with van der Waals surface area (Å²) in [6, 6.07) is 6.59. The first-order valence-electron chi connectivity index (χ1n) is 11.6. The van der Waals surface area contributed by atoms with Crippen LogP contribution >= 0.6 is 15.9 Å². The van der Waals surface area contributed by atoms with Gasteiger partial charge in [0, 0.05) is 30.8 Å². The number of hydrogen-bond acceptors (Lipinski definition) is 10. The summed E-state index contributed by atoms with van der Waals surface area (Å²) in [6.07, 6.45) is 5.75. The summed E-state index contributed by atoms with van der Waals surface area (Å²) in [5, 5.41) is 3.06. The molecule has 1 atom stereocenters. The third kappa shape index (κ3) is 7.85. The van der Waals surface area contributed by atoms with Crippen LogP contribution in [0.4, 0.5) is 0 Å². The molecule has 14 heteroatoms. The SMILES string of the molecule is CCOC(=O)CNC1=C(/C=N\C)C(NS(=O)(=O)c2cnc(Oc3ccc(S(C)(=O)=O)cc3)c(Br)c2)CCC1. The number of benzene rings is 1. The highest BCUT2D eigenvalue weighted by Crippen LogP contribution is 2.31. The van der Waals surface area contributed by atoms with Crippen molar-refractivity contribution in [3.63, 3.8) is 0 Å². The Balaban J connectivity index is 1.78. The van der Waals surface area contributed by atoms with Crippen molar-refractivity contribution in [2.75, 3.05) is 26.5 Å². The average Bonchev–Trinajstić information content (AvgIpc) is 2.85. The fourth-order valence-corrected chi connectivity index (χ4v) is 6.19. The summed E-state index contributed by atoms with van der Waals surface area (Å²) in [4.78, 5) is 20.0. The molecule has 1 heterocycles. The van der Waals surface area contributed by atoms with E-state index >= 15 is 0 Å². The van der Waals surface area contributed by atoms with E-state index in [0.29, 0.717) is 35.1 Å². The maximum atomic E-state index is 13.2. The lowest BCUT2D eigenvalue weighted by Gasteiger charge is -2.28. The van der Waals surface area contributed by atoms with Gasteiger partial charge in [-0.25, -0.2) is 26.5 Å². The highest BCUT2D eigenvalue weighted by atomic mass is 79.9. The van der Waals surface area contributed by atoms with Crippen LogP contribution in [0.25, 0.3) is 0 Å². The van der Waals surface area contributed by atoms with E-state index in [0.717, 1.165) is 12.0 Å². The second-order valence-electron chi connectivity index (χ2n) is 8.35. The number of aliphatic imine (C=N–C) groups is 1. The Hall–Kier alpha value is -2.81. The molecular formula is C24H29BrN4O7S2. The predicted octanol–water partition coefficient (Wildman–Crippen LogP) is 2.98. The molecule has 0 radical (unpaired) electrons. The number of allylic oxidation sites excluding steroid dienone is 1. The summed E-state index contributed by atoms with van der Waals surface area (Å²) in [7, 11) is -5.75. The van der Waals surface area contributed by atoms with Gasteiger partial charge in [-0.15, -0.1) is 0 Å². The van der Waals surface area contributed by atoms with Crippen molar-refractivity contribution in [1.29, 1.82) is 0 Å². The van der Waals surface area contributed by atoms with E-state index in [1.54, 1.807) is 20.2 Å². The lowest BCUT2D eigenvalue weighted by atomic mass is 9.92. The van der Waals surface area contributed by atoms with Crippen molar-refractivity contribution in [2.24, 2.45) is 4.99 Å². The largest absolute Gasteiger partial charge is 0.465 e. The summed E-state index contributed by atoms with van der Waals surface area (Å²) < 4.78 is 63.4. The zero-order valence-electron chi connectivity index (χ0n) is 21.1. The number of sulfone groups is 1. The lowest BCUT2D eigenvalue weighted by molar-refractivity contribution is -0.141. The van der Waals surface area contributed by atoms with Crippen LogP contribution in [0.2, 0.25) is 0 Å². The van der Waals surface area contributed by atoms with Gasteiger partial charge >= 0.3 is 5.97 Å². The van der Waals surface area contributed by atoms with Crippen molar-refractivity contribution < 1.29 is 31.1 Å². The monoisotopic (exact) mass is 628 g/mol. The lowest BCUT2D eigenvalue weighted by Crippen LogP contribution is -2.41. The maximum absolute atomic E-state index is 13.2. The van der Waals surface area contributed by atoms with E-state index in [2.05, 4.69) is 35.9 Å². The van der Waals surface area contributed by atoms with Gasteiger partial charge in [0.15, 0.2) is 9.84 Å². The van der Waals surface area contributed by atoms with Crippen molar-refractivity contribution in [3.05, 3.63) is 52.3 Å². The van der Waals surface area contributed by atoms with E-state index < -0.39 is 31.9 Å². The second kappa shape index (κ2) is 12.8. The number of esters is 1. The molecule has 206 valence electrons. The molecule has 0 aliphatic heterocycles. The molecule has 2 N–H and O–H groups in total. The Morgan fingerprint density at radius 1 is 1.21 bits per heavy atom. The molecule has 0 amide bonds. The van der Waals surface area contributed by atoms with Gasteiger partial charge in [0.05, 0.1) is 28.2 Å². The molecule has 1 aromatic carbocycles. The van der Waals surface area contributed by atoms with Crippen molar-refractivity contribution in [3.8, 4) is 11.6 Å². The number of hydrogen-bond donors (Lipinski definition) is 2. The van der Waals surface area contributed by atoms with Crippen LogP contribution in [0.3, 0.4) is 0 Å². The molecule has 38 heavy (non-hydrogen) atoms. The predicted molar refractivity (Wildman–Crippen MR) is 146 cm³/mol. The van der Waals surface area contributed by atoms with Crippen molar-refractivity contribution in [2.45, 2.75) is 42.0 Å². The number of sulfonamides is 1. The maximum Gasteiger partial charge on any atom is 0.325 e. The first-order valence-corrected chi connectivity index (χ1v) is 15.8. The number of ether oxygens (including phenoxy) is 2. The molecule has 0 saturated heterocycles. The smallest absolute Gasteiger partial charge is 0.325 e. The Kier molecular flexibility index (Phi) is 10.0. The van der Waals surface area contributed by atoms with E-state index in [4.69, 9.17) is 9.47 Å². The normalized spacial score (nSPS) is 16.5. The summed E-state index contributed by atoms with van der Waals surface area (Å²) in [6.45, 7) is 1.97. The molecular weight excluding hydrogens is 600 g/mol. The third-order valence-corrected chi connectivity index (χ3v) is 8.65. The fraction of sp³-hybridized carbons (Fsp3) is 0.375. The average molecular weight is 630 g/mol. The zero-order chi connectivity index (χ0) is 27.9. The van der Waals surface area contributed by atoms with Gasteiger partial charge in [-0.2, -0.15) is 0 Å². The fourth-order valence-electron chi connectivity index (χ4n) is 3.76. The Bertz CT molecular complexity index is 1440. The molecule has 0 bridgehead atoms. The highest BCUT2D eigenvalue weighted by Gasteiger charge is 2.28. The molecule has 1 unspecified atom stereocenters. The second-order valence-corrected chi connectivity index (χ2v) is 12.9. The summed E-state index contributed by atoms with van der Waals surface area (Å²) in [5.41, 5.74) is 1.38. The van der Waals surface area contributed by atoms with Crippen LogP contribution in [-0.4, -0.2) is 66.5 Å². The number of carbonyl (C=O) groups excluding carboxylic acids is 1. The van der Waals surface area contributed by atoms with Crippen LogP contribution < -0.4 is 14.8 Å². The Labute approximate surface area is 230 Å². The van der Waals surface area contributed by atoms with Gasteiger partial charge < -0.3 is 14.8 Å². The first kappa shape index (κ1) is 29.7. The zero-order valence-corrected chi connectivity index (χ0v) is 24.3. The standard InChI is InChI=1S/C24H29BrN4O7S2/c1-4-35-23(30)15-27-21-6-5-7-22(19(21)14-26-2)29-38(33,34)18-12-20(25)24(28-13-18)36-16-8-10-17(11-9-16)37(3,31)32/h8-14,22,27,29H,4-7,15H2,1-3H3/b26-14-. The number of halogens is 1. The number of rotatable bonds is 11. The minimum atomic E-state index is -3.99. The van der Waals surface area contributed by atoms with Crippen LogP contribution in [-0.2, 0) is 29.4 Å². The van der Waals surface area contributed by atoms with E-state index in [1.165, 1.54) is 36.5 Å². The highest BCUT2D eigenvalue weighted by molar-refractivity contribution is 9.10. The number of carbonyl (C=O) groups is 1. The molecule has 3 rings (SSSR count). The van der Waals surface area contributed by atoms with E-state index in [9.17, 15) is 21.6 Å². The Morgan fingerprint density at radius 2 is 1.92 bits per heavy atom. The topological polar surface area (TPSA) is 153 Å². The van der Waals surface area contributed by atoms with Crippen LogP contribution in [0.5, 0.6) is 11.6 Å². The molecule has 1 aliphatic carbocycles. The Morgan fingerprint density at radius 3 is 2.53 bits per heavy atom. The van der Waals surface area contributed by atoms with Gasteiger partial charge in [0.2, 0.25) is 15.9 Å². The minimum Gasteiger partial charge on any atom is -0.465 e. The number of aromatic nitrogens is 1. The molecule has 2 aromatic rings. The van der Waals surface area contributed by atoms with Gasteiger partial charge in [-0.05, 0) is 72.4 Å². The first-order chi connectivity index (χ1) is 17.9.